The first-order chi connectivity index (χ1) is 13.3. The molecule has 2 aliphatic heterocycles. The standard InChI is InChI=1S/C19H14N4O4S/c1-10-3-4-12(23(25)26)7-14(10)16-6-5-13(27-16)8-15-17(20)22-9-11(2)28-19(22)21-18(15)24/h3-9,20H,1-2H3/b15-8-,20-17?. The molecule has 2 aliphatic rings. The lowest BCUT2D eigenvalue weighted by Gasteiger charge is -2.21. The zero-order valence-corrected chi connectivity index (χ0v) is 15.7. The summed E-state index contributed by atoms with van der Waals surface area (Å²) in [5, 5.41) is 19.8. The summed E-state index contributed by atoms with van der Waals surface area (Å²) in [6.07, 6.45) is 3.22. The molecular formula is C19H14N4O4S. The van der Waals surface area contributed by atoms with Crippen molar-refractivity contribution in [3.63, 3.8) is 0 Å². The van der Waals surface area contributed by atoms with Crippen LogP contribution in [-0.2, 0) is 4.79 Å². The zero-order chi connectivity index (χ0) is 20.0. The summed E-state index contributed by atoms with van der Waals surface area (Å²) in [6.45, 7) is 3.71. The molecule has 9 heteroatoms. The lowest BCUT2D eigenvalue weighted by molar-refractivity contribution is -0.384. The summed E-state index contributed by atoms with van der Waals surface area (Å²) in [5.41, 5.74) is 1.51. The molecule has 0 saturated heterocycles. The third-order valence-electron chi connectivity index (χ3n) is 4.30. The van der Waals surface area contributed by atoms with Crippen molar-refractivity contribution in [2.75, 3.05) is 0 Å². The van der Waals surface area contributed by atoms with E-state index in [0.29, 0.717) is 22.3 Å². The Hall–Kier alpha value is -3.46. The van der Waals surface area contributed by atoms with Crippen LogP contribution in [0.2, 0.25) is 0 Å². The fourth-order valence-electron chi connectivity index (χ4n) is 2.91. The first kappa shape index (κ1) is 17.9. The van der Waals surface area contributed by atoms with E-state index in [0.717, 1.165) is 10.5 Å². The molecule has 140 valence electrons. The van der Waals surface area contributed by atoms with Gasteiger partial charge in [0.25, 0.3) is 11.6 Å². The van der Waals surface area contributed by atoms with E-state index in [9.17, 15) is 14.9 Å². The highest BCUT2D eigenvalue weighted by molar-refractivity contribution is 8.17. The molecule has 0 radical (unpaired) electrons. The average molecular weight is 394 g/mol. The van der Waals surface area contributed by atoms with E-state index in [1.807, 2.05) is 13.8 Å². The third kappa shape index (κ3) is 3.05. The summed E-state index contributed by atoms with van der Waals surface area (Å²) in [5.74, 6) is 0.333. The lowest BCUT2D eigenvalue weighted by Crippen LogP contribution is -2.35. The number of furan rings is 1. The SMILES string of the molecule is CC1=CN2C(=N)/C(=C/c3ccc(-c4cc([N+](=O)[O-])ccc4C)o3)C(=O)N=C2S1. The molecule has 0 bridgehead atoms. The van der Waals surface area contributed by atoms with Crippen LogP contribution in [0.15, 0.2) is 56.4 Å². The fraction of sp³-hybridized carbons (Fsp3) is 0.105. The number of thioether (sulfide) groups is 1. The number of amides is 1. The van der Waals surface area contributed by atoms with Crippen molar-refractivity contribution in [3.8, 4) is 11.3 Å². The van der Waals surface area contributed by atoms with E-state index in [-0.39, 0.29) is 17.1 Å². The van der Waals surface area contributed by atoms with Crippen LogP contribution >= 0.6 is 11.8 Å². The number of benzene rings is 1. The topological polar surface area (TPSA) is 113 Å². The van der Waals surface area contributed by atoms with Gasteiger partial charge in [0, 0.05) is 28.8 Å². The van der Waals surface area contributed by atoms with Gasteiger partial charge in [-0.15, -0.1) is 0 Å². The summed E-state index contributed by atoms with van der Waals surface area (Å²) in [6, 6.07) is 7.88. The Labute approximate surface area is 163 Å². The molecule has 1 amide bonds. The highest BCUT2D eigenvalue weighted by Crippen LogP contribution is 2.33. The van der Waals surface area contributed by atoms with E-state index >= 15 is 0 Å². The van der Waals surface area contributed by atoms with Gasteiger partial charge in [-0.25, -0.2) is 0 Å². The Kier molecular flexibility index (Phi) is 4.23. The molecule has 1 aromatic heterocycles. The zero-order valence-electron chi connectivity index (χ0n) is 14.9. The second-order valence-corrected chi connectivity index (χ2v) is 7.49. The van der Waals surface area contributed by atoms with Gasteiger partial charge in [-0.3, -0.25) is 25.2 Å². The van der Waals surface area contributed by atoms with Gasteiger partial charge in [0.1, 0.15) is 17.4 Å². The number of amidine groups is 2. The van der Waals surface area contributed by atoms with Crippen molar-refractivity contribution in [3.05, 3.63) is 68.4 Å². The van der Waals surface area contributed by atoms with E-state index in [2.05, 4.69) is 4.99 Å². The Balaban J connectivity index is 1.69. The molecule has 4 rings (SSSR count). The van der Waals surface area contributed by atoms with Crippen LogP contribution in [0, 0.1) is 22.4 Å². The minimum absolute atomic E-state index is 0.0308. The van der Waals surface area contributed by atoms with Crippen LogP contribution in [0.3, 0.4) is 0 Å². The number of rotatable bonds is 3. The van der Waals surface area contributed by atoms with Crippen LogP contribution in [0.25, 0.3) is 17.4 Å². The molecular weight excluding hydrogens is 380 g/mol. The number of hydrogen-bond acceptors (Lipinski definition) is 6. The van der Waals surface area contributed by atoms with Crippen molar-refractivity contribution in [1.82, 2.24) is 4.90 Å². The maximum Gasteiger partial charge on any atom is 0.283 e. The summed E-state index contributed by atoms with van der Waals surface area (Å²) in [4.78, 5) is 29.4. The van der Waals surface area contributed by atoms with E-state index in [1.165, 1.54) is 30.0 Å². The van der Waals surface area contributed by atoms with Crippen LogP contribution < -0.4 is 0 Å². The maximum absolute atomic E-state index is 12.3. The van der Waals surface area contributed by atoms with Crippen molar-refractivity contribution >= 4 is 40.4 Å². The fourth-order valence-corrected chi connectivity index (χ4v) is 3.73. The smallest absolute Gasteiger partial charge is 0.283 e. The molecule has 8 nitrogen and oxygen atoms in total. The molecule has 0 fully saturated rings. The Morgan fingerprint density at radius 3 is 2.82 bits per heavy atom. The molecule has 0 atom stereocenters. The molecule has 0 aliphatic carbocycles. The Bertz CT molecular complexity index is 1140. The second-order valence-electron chi connectivity index (χ2n) is 6.28. The van der Waals surface area contributed by atoms with Crippen molar-refractivity contribution in [2.24, 2.45) is 4.99 Å². The number of aryl methyl sites for hydroxylation is 1. The lowest BCUT2D eigenvalue weighted by atomic mass is 10.1. The van der Waals surface area contributed by atoms with Crippen molar-refractivity contribution in [2.45, 2.75) is 13.8 Å². The van der Waals surface area contributed by atoms with Gasteiger partial charge in [-0.2, -0.15) is 4.99 Å². The minimum Gasteiger partial charge on any atom is -0.457 e. The monoisotopic (exact) mass is 394 g/mol. The summed E-state index contributed by atoms with van der Waals surface area (Å²) >= 11 is 1.34. The van der Waals surface area contributed by atoms with E-state index < -0.39 is 10.8 Å². The Morgan fingerprint density at radius 2 is 2.07 bits per heavy atom. The molecule has 1 aromatic carbocycles. The molecule has 1 N–H and O–H groups in total. The number of non-ortho nitro benzene ring substituents is 1. The minimum atomic E-state index is -0.503. The average Bonchev–Trinajstić information content (AvgIpc) is 3.25. The van der Waals surface area contributed by atoms with E-state index in [1.54, 1.807) is 29.3 Å². The number of nitro groups is 1. The third-order valence-corrected chi connectivity index (χ3v) is 5.20. The number of carbonyl (C=O) groups excluding carboxylic acids is 1. The largest absolute Gasteiger partial charge is 0.457 e. The molecule has 2 aromatic rings. The molecule has 0 saturated carbocycles. The van der Waals surface area contributed by atoms with Crippen LogP contribution in [-0.4, -0.2) is 26.7 Å². The number of nitrogens with zero attached hydrogens (tertiary/aromatic N) is 3. The first-order valence-electron chi connectivity index (χ1n) is 8.28. The van der Waals surface area contributed by atoms with Crippen molar-refractivity contribution in [1.29, 1.82) is 5.41 Å². The number of nitro benzene ring substituents is 1. The van der Waals surface area contributed by atoms with Crippen LogP contribution in [0.1, 0.15) is 18.2 Å². The van der Waals surface area contributed by atoms with Crippen molar-refractivity contribution < 1.29 is 14.1 Å². The predicted octanol–water partition coefficient (Wildman–Crippen LogP) is 4.33. The molecule has 28 heavy (non-hydrogen) atoms. The Morgan fingerprint density at radius 1 is 1.29 bits per heavy atom. The highest BCUT2D eigenvalue weighted by atomic mass is 32.2. The molecule has 3 heterocycles. The number of nitrogens with one attached hydrogen (secondary N) is 1. The van der Waals surface area contributed by atoms with Gasteiger partial charge in [-0.05, 0) is 37.6 Å². The van der Waals surface area contributed by atoms with Gasteiger partial charge in [0.05, 0.1) is 10.5 Å². The van der Waals surface area contributed by atoms with Crippen LogP contribution in [0.5, 0.6) is 0 Å². The predicted molar refractivity (Wildman–Crippen MR) is 107 cm³/mol. The molecule has 0 spiro atoms. The van der Waals surface area contributed by atoms with Gasteiger partial charge < -0.3 is 4.42 Å². The number of allylic oxidation sites excluding steroid dienone is 1. The maximum atomic E-state index is 12.3. The highest BCUT2D eigenvalue weighted by Gasteiger charge is 2.33. The normalized spacial score (nSPS) is 17.6. The summed E-state index contributed by atoms with van der Waals surface area (Å²) < 4.78 is 5.78. The second kappa shape index (κ2) is 6.61. The van der Waals surface area contributed by atoms with Gasteiger partial charge in [0.2, 0.25) is 0 Å². The van der Waals surface area contributed by atoms with Gasteiger partial charge >= 0.3 is 0 Å². The number of aliphatic imine (C=N–C) groups is 1. The van der Waals surface area contributed by atoms with Gasteiger partial charge in [0.15, 0.2) is 5.17 Å². The first-order valence-corrected chi connectivity index (χ1v) is 9.09. The summed E-state index contributed by atoms with van der Waals surface area (Å²) in [7, 11) is 0. The van der Waals surface area contributed by atoms with Crippen LogP contribution in [0.4, 0.5) is 5.69 Å². The van der Waals surface area contributed by atoms with E-state index in [4.69, 9.17) is 9.83 Å². The number of hydrogen-bond donors (Lipinski definition) is 1. The van der Waals surface area contributed by atoms with Gasteiger partial charge in [-0.1, -0.05) is 17.8 Å². The number of carbonyl (C=O) groups is 1. The molecule has 0 unspecified atom stereocenters. The number of fused-ring (bicyclic) bond motifs is 1. The quantitative estimate of drug-likeness (QED) is 0.471.